The van der Waals surface area contributed by atoms with Crippen LogP contribution < -0.4 is 14.8 Å². The number of nitro groups is 1. The van der Waals surface area contributed by atoms with Crippen molar-refractivity contribution in [3.63, 3.8) is 0 Å². The minimum absolute atomic E-state index is 0.136. The Morgan fingerprint density at radius 1 is 1.28 bits per heavy atom. The van der Waals surface area contributed by atoms with Gasteiger partial charge < -0.3 is 14.8 Å². The van der Waals surface area contributed by atoms with Gasteiger partial charge in [-0.2, -0.15) is 0 Å². The maximum absolute atomic E-state index is 11.5. The third kappa shape index (κ3) is 4.72. The number of ether oxygens (including phenoxy) is 2. The first-order chi connectivity index (χ1) is 13.9. The highest BCUT2D eigenvalue weighted by atomic mass is 35.5. The number of methoxy groups -OCH3 is 1. The molecule has 2 aromatic carbocycles. The van der Waals surface area contributed by atoms with Gasteiger partial charge in [-0.25, -0.2) is 9.97 Å². The zero-order valence-corrected chi connectivity index (χ0v) is 16.7. The Kier molecular flexibility index (Phi) is 6.13. The molecule has 0 amide bonds. The molecular formula is C20H19ClN4O4. The van der Waals surface area contributed by atoms with Gasteiger partial charge in [0.2, 0.25) is 0 Å². The summed E-state index contributed by atoms with van der Waals surface area (Å²) in [7, 11) is 1.55. The van der Waals surface area contributed by atoms with Gasteiger partial charge in [-0.1, -0.05) is 24.2 Å². The second kappa shape index (κ2) is 8.74. The second-order valence-corrected chi connectivity index (χ2v) is 6.79. The van der Waals surface area contributed by atoms with Crippen LogP contribution in [0.4, 0.5) is 11.5 Å². The molecular weight excluding hydrogens is 396 g/mol. The highest BCUT2D eigenvalue weighted by Gasteiger charge is 2.19. The molecule has 0 spiro atoms. The van der Waals surface area contributed by atoms with Crippen LogP contribution in [0.15, 0.2) is 48.8 Å². The fourth-order valence-electron chi connectivity index (χ4n) is 2.68. The predicted octanol–water partition coefficient (Wildman–Crippen LogP) is 4.77. The fourth-order valence-corrected chi connectivity index (χ4v) is 2.96. The smallest absolute Gasteiger partial charge is 0.311 e. The normalized spacial score (nSPS) is 10.6. The van der Waals surface area contributed by atoms with Crippen LogP contribution in [-0.2, 0) is 6.54 Å². The summed E-state index contributed by atoms with van der Waals surface area (Å²) in [4.78, 5) is 19.5. The Hall–Kier alpha value is -3.39. The predicted molar refractivity (Wildman–Crippen MR) is 112 cm³/mol. The van der Waals surface area contributed by atoms with Crippen LogP contribution >= 0.6 is 11.6 Å². The van der Waals surface area contributed by atoms with Gasteiger partial charge in [0, 0.05) is 24.1 Å². The minimum Gasteiger partial charge on any atom is -0.495 e. The molecule has 1 heterocycles. The van der Waals surface area contributed by atoms with Gasteiger partial charge in [-0.05, 0) is 30.2 Å². The van der Waals surface area contributed by atoms with E-state index in [1.165, 1.54) is 18.5 Å². The number of rotatable bonds is 8. The van der Waals surface area contributed by atoms with Crippen molar-refractivity contribution in [2.45, 2.75) is 13.5 Å². The van der Waals surface area contributed by atoms with E-state index in [-0.39, 0.29) is 18.0 Å². The van der Waals surface area contributed by atoms with Gasteiger partial charge in [0.25, 0.3) is 0 Å². The van der Waals surface area contributed by atoms with Crippen molar-refractivity contribution in [1.29, 1.82) is 0 Å². The molecule has 150 valence electrons. The monoisotopic (exact) mass is 414 g/mol. The average molecular weight is 415 g/mol. The Morgan fingerprint density at radius 3 is 2.72 bits per heavy atom. The first-order valence-corrected chi connectivity index (χ1v) is 9.03. The number of nitrogens with zero attached hydrogens (tertiary/aromatic N) is 3. The quantitative estimate of drug-likeness (QED) is 0.322. The molecule has 1 N–H and O–H groups in total. The molecule has 0 aliphatic heterocycles. The van der Waals surface area contributed by atoms with Gasteiger partial charge in [0.05, 0.1) is 22.6 Å². The largest absolute Gasteiger partial charge is 0.495 e. The van der Waals surface area contributed by atoms with Crippen LogP contribution in [0, 0.1) is 10.1 Å². The lowest BCUT2D eigenvalue weighted by atomic mass is 10.1. The van der Waals surface area contributed by atoms with Gasteiger partial charge in [0.1, 0.15) is 24.5 Å². The average Bonchev–Trinajstić information content (AvgIpc) is 2.69. The number of nitrogens with one attached hydrogen (secondary N) is 1. The van der Waals surface area contributed by atoms with Gasteiger partial charge in [0.15, 0.2) is 5.75 Å². The van der Waals surface area contributed by atoms with Crippen LogP contribution in [0.1, 0.15) is 12.5 Å². The van der Waals surface area contributed by atoms with Crippen LogP contribution in [-0.4, -0.2) is 28.6 Å². The summed E-state index contributed by atoms with van der Waals surface area (Å²) in [5.41, 5.74) is 2.02. The van der Waals surface area contributed by atoms with Crippen LogP contribution in [0.25, 0.3) is 10.9 Å². The zero-order valence-electron chi connectivity index (χ0n) is 15.9. The van der Waals surface area contributed by atoms with E-state index in [1.807, 2.05) is 6.07 Å². The van der Waals surface area contributed by atoms with Crippen molar-refractivity contribution < 1.29 is 14.4 Å². The summed E-state index contributed by atoms with van der Waals surface area (Å²) < 4.78 is 10.7. The van der Waals surface area contributed by atoms with E-state index in [1.54, 1.807) is 26.2 Å². The Balaban J connectivity index is 1.92. The second-order valence-electron chi connectivity index (χ2n) is 6.38. The van der Waals surface area contributed by atoms with Crippen molar-refractivity contribution in [1.82, 2.24) is 9.97 Å². The van der Waals surface area contributed by atoms with E-state index in [4.69, 9.17) is 21.1 Å². The maximum Gasteiger partial charge on any atom is 0.311 e. The lowest BCUT2D eigenvalue weighted by Gasteiger charge is -2.11. The SMILES string of the molecule is C=C(C)COc1cc2ncnc(NCc3ccc(OC)c(Cl)c3)c2cc1[N+](=O)[O-]. The topological polar surface area (TPSA) is 99.4 Å². The molecule has 1 aromatic heterocycles. The number of hydrogen-bond acceptors (Lipinski definition) is 7. The number of hydrogen-bond donors (Lipinski definition) is 1. The van der Waals surface area contributed by atoms with Crippen LogP contribution in [0.2, 0.25) is 5.02 Å². The van der Waals surface area contributed by atoms with E-state index < -0.39 is 4.92 Å². The summed E-state index contributed by atoms with van der Waals surface area (Å²) in [6.45, 7) is 6.12. The maximum atomic E-state index is 11.5. The molecule has 3 aromatic rings. The van der Waals surface area contributed by atoms with E-state index in [9.17, 15) is 10.1 Å². The highest BCUT2D eigenvalue weighted by molar-refractivity contribution is 6.32. The Bertz CT molecular complexity index is 1090. The molecule has 3 rings (SSSR count). The van der Waals surface area contributed by atoms with Gasteiger partial charge >= 0.3 is 5.69 Å². The van der Waals surface area contributed by atoms with E-state index >= 15 is 0 Å². The molecule has 0 saturated heterocycles. The third-order valence-electron chi connectivity index (χ3n) is 4.06. The number of aromatic nitrogens is 2. The van der Waals surface area contributed by atoms with Crippen molar-refractivity contribution >= 4 is 34.0 Å². The van der Waals surface area contributed by atoms with E-state index in [0.29, 0.717) is 34.0 Å². The molecule has 0 radical (unpaired) electrons. The molecule has 0 aliphatic carbocycles. The highest BCUT2D eigenvalue weighted by Crippen LogP contribution is 2.34. The van der Waals surface area contributed by atoms with Crippen molar-refractivity contribution in [2.24, 2.45) is 0 Å². The van der Waals surface area contributed by atoms with Crippen molar-refractivity contribution in [2.75, 3.05) is 19.0 Å². The van der Waals surface area contributed by atoms with Crippen molar-refractivity contribution in [3.05, 3.63) is 69.5 Å². The number of nitro benzene ring substituents is 1. The third-order valence-corrected chi connectivity index (χ3v) is 4.36. The fraction of sp³-hybridized carbons (Fsp3) is 0.200. The number of halogens is 1. The zero-order chi connectivity index (χ0) is 21.0. The molecule has 29 heavy (non-hydrogen) atoms. The number of benzene rings is 2. The molecule has 0 unspecified atom stereocenters. The minimum atomic E-state index is -0.493. The van der Waals surface area contributed by atoms with Gasteiger partial charge in [-0.3, -0.25) is 10.1 Å². The summed E-state index contributed by atoms with van der Waals surface area (Å²) >= 11 is 6.16. The molecule has 0 bridgehead atoms. The van der Waals surface area contributed by atoms with Gasteiger partial charge in [-0.15, -0.1) is 0 Å². The Morgan fingerprint density at radius 2 is 2.07 bits per heavy atom. The number of fused-ring (bicyclic) bond motifs is 1. The summed E-state index contributed by atoms with van der Waals surface area (Å²) in [6.07, 6.45) is 1.39. The summed E-state index contributed by atoms with van der Waals surface area (Å²) in [5, 5.41) is 15.7. The first-order valence-electron chi connectivity index (χ1n) is 8.65. The van der Waals surface area contributed by atoms with Crippen LogP contribution in [0.5, 0.6) is 11.5 Å². The molecule has 9 heteroatoms. The molecule has 0 saturated carbocycles. The molecule has 0 aliphatic rings. The molecule has 0 fully saturated rings. The summed E-state index contributed by atoms with van der Waals surface area (Å²) in [5.74, 6) is 1.19. The Labute approximate surface area is 172 Å². The standard InChI is InChI=1S/C20H19ClN4O4/c1-12(2)10-29-19-8-16-14(7-17(19)25(26)27)20(24-11-23-16)22-9-13-4-5-18(28-3)15(21)6-13/h4-8,11H,1,9-10H2,2-3H3,(H,22,23,24). The summed E-state index contributed by atoms with van der Waals surface area (Å²) in [6, 6.07) is 8.36. The number of anilines is 1. The molecule has 8 nitrogen and oxygen atoms in total. The van der Waals surface area contributed by atoms with E-state index in [0.717, 1.165) is 11.1 Å². The van der Waals surface area contributed by atoms with Crippen LogP contribution in [0.3, 0.4) is 0 Å². The molecule has 0 atom stereocenters. The first kappa shape index (κ1) is 20.3. The van der Waals surface area contributed by atoms with Crippen molar-refractivity contribution in [3.8, 4) is 11.5 Å². The lowest BCUT2D eigenvalue weighted by Crippen LogP contribution is -2.05. The lowest BCUT2D eigenvalue weighted by molar-refractivity contribution is -0.385. The van der Waals surface area contributed by atoms with E-state index in [2.05, 4.69) is 21.9 Å².